The summed E-state index contributed by atoms with van der Waals surface area (Å²) in [5.74, 6) is -0.345. The van der Waals surface area contributed by atoms with Crippen molar-refractivity contribution in [3.63, 3.8) is 0 Å². The fraction of sp³-hybridized carbons (Fsp3) is 0.556. The number of carboxylic acid groups (broad SMARTS) is 1. The topological polar surface area (TPSA) is 57.6 Å². The third kappa shape index (κ3) is 3.59. The van der Waals surface area contributed by atoms with Crippen molar-refractivity contribution in [2.45, 2.75) is 50.0 Å². The molecule has 1 aromatic carbocycles. The van der Waals surface area contributed by atoms with Crippen LogP contribution in [0.3, 0.4) is 0 Å². The maximum atomic E-state index is 11.9. The molecule has 23 heavy (non-hydrogen) atoms. The molecule has 1 heterocycles. The maximum Gasteiger partial charge on any atom is 0.314 e. The molecule has 2 fully saturated rings. The van der Waals surface area contributed by atoms with Crippen LogP contribution in [0.5, 0.6) is 0 Å². The molecule has 0 atom stereocenters. The Hall–Kier alpha value is -1.39. The smallest absolute Gasteiger partial charge is 0.314 e. The second-order valence-corrected chi connectivity index (χ2v) is 6.56. The summed E-state index contributed by atoms with van der Waals surface area (Å²) in [5.41, 5.74) is 0.193. The van der Waals surface area contributed by atoms with Crippen LogP contribution in [-0.4, -0.2) is 40.9 Å². The van der Waals surface area contributed by atoms with Gasteiger partial charge in [-0.05, 0) is 31.2 Å². The van der Waals surface area contributed by atoms with Gasteiger partial charge in [0.15, 0.2) is 0 Å². The van der Waals surface area contributed by atoms with Gasteiger partial charge >= 0.3 is 5.97 Å². The molecule has 4 nitrogen and oxygen atoms in total. The molecule has 3 rings (SSSR count). The third-order valence-electron chi connectivity index (χ3n) is 5.42. The summed E-state index contributed by atoms with van der Waals surface area (Å²) in [5, 5.41) is 9.82. The molecular weight excluding hydrogens is 314 g/mol. The first kappa shape index (κ1) is 18.0. The van der Waals surface area contributed by atoms with Gasteiger partial charge in [0.2, 0.25) is 0 Å². The van der Waals surface area contributed by atoms with Crippen molar-refractivity contribution in [3.05, 3.63) is 35.9 Å². The van der Waals surface area contributed by atoms with Crippen LogP contribution in [0.2, 0.25) is 0 Å². The molecule has 0 amide bonds. The van der Waals surface area contributed by atoms with E-state index in [0.29, 0.717) is 37.5 Å². The Labute approximate surface area is 143 Å². The average Bonchev–Trinajstić information content (AvgIpc) is 2.56. The highest BCUT2D eigenvalue weighted by Gasteiger charge is 2.44. The number of carbonyl (C=O) groups is 2. The van der Waals surface area contributed by atoms with Crippen molar-refractivity contribution in [1.82, 2.24) is 4.90 Å². The summed E-state index contributed by atoms with van der Waals surface area (Å²) in [6.07, 6.45) is 4.46. The lowest BCUT2D eigenvalue weighted by Gasteiger charge is -2.42. The normalized spacial score (nSPS) is 28.9. The summed E-state index contributed by atoms with van der Waals surface area (Å²) < 4.78 is 0. The molecule has 0 bridgehead atoms. The lowest BCUT2D eigenvalue weighted by Crippen LogP contribution is -2.48. The number of hydrogen-bond acceptors (Lipinski definition) is 3. The Kier molecular flexibility index (Phi) is 5.82. The lowest BCUT2D eigenvalue weighted by molar-refractivity contribution is -0.145. The van der Waals surface area contributed by atoms with Crippen molar-refractivity contribution in [1.29, 1.82) is 0 Å². The van der Waals surface area contributed by atoms with Gasteiger partial charge in [-0.15, -0.1) is 12.4 Å². The van der Waals surface area contributed by atoms with Crippen LogP contribution >= 0.6 is 12.4 Å². The highest BCUT2D eigenvalue weighted by Crippen LogP contribution is 2.41. The minimum Gasteiger partial charge on any atom is -0.481 e. The van der Waals surface area contributed by atoms with Gasteiger partial charge in [0.1, 0.15) is 5.78 Å². The van der Waals surface area contributed by atoms with Crippen LogP contribution in [-0.2, 0) is 15.0 Å². The number of halogens is 1. The molecule has 0 spiro atoms. The van der Waals surface area contributed by atoms with Gasteiger partial charge in [-0.1, -0.05) is 30.3 Å². The molecule has 0 radical (unpaired) electrons. The highest BCUT2D eigenvalue weighted by molar-refractivity contribution is 5.85. The van der Waals surface area contributed by atoms with Crippen LogP contribution in [0.4, 0.5) is 0 Å². The van der Waals surface area contributed by atoms with Crippen LogP contribution < -0.4 is 0 Å². The Morgan fingerprint density at radius 2 is 1.65 bits per heavy atom. The number of aliphatic carboxylic acids is 1. The first-order chi connectivity index (χ1) is 10.6. The number of Topliss-reactive ketones (excluding diaryl/α,β-unsaturated/α-hetero) is 1. The van der Waals surface area contributed by atoms with Crippen LogP contribution in [0.15, 0.2) is 30.3 Å². The highest BCUT2D eigenvalue weighted by atomic mass is 35.5. The van der Waals surface area contributed by atoms with E-state index in [1.54, 1.807) is 0 Å². The zero-order chi connectivity index (χ0) is 15.6. The van der Waals surface area contributed by atoms with Crippen LogP contribution in [0.1, 0.15) is 44.1 Å². The Balaban J connectivity index is 0.00000192. The van der Waals surface area contributed by atoms with Gasteiger partial charge in [0.25, 0.3) is 0 Å². The number of nitrogens with zero attached hydrogens (tertiary/aromatic N) is 1. The average molecular weight is 338 g/mol. The maximum absolute atomic E-state index is 11.9. The number of likely N-dealkylation sites (tertiary alicyclic amines) is 1. The first-order valence-corrected chi connectivity index (χ1v) is 8.16. The predicted octanol–water partition coefficient (Wildman–Crippen LogP) is 3.04. The lowest BCUT2D eigenvalue weighted by atomic mass is 9.68. The molecule has 5 heteroatoms. The van der Waals surface area contributed by atoms with Crippen molar-refractivity contribution in [3.8, 4) is 0 Å². The first-order valence-electron chi connectivity index (χ1n) is 8.16. The fourth-order valence-electron chi connectivity index (χ4n) is 3.98. The molecule has 1 saturated heterocycles. The number of hydrogen-bond donors (Lipinski definition) is 1. The largest absolute Gasteiger partial charge is 0.481 e. The molecule has 0 unspecified atom stereocenters. The van der Waals surface area contributed by atoms with Gasteiger partial charge in [0.05, 0.1) is 5.41 Å². The molecule has 126 valence electrons. The molecule has 1 aliphatic carbocycles. The van der Waals surface area contributed by atoms with Crippen molar-refractivity contribution >= 4 is 24.2 Å². The molecule has 1 aliphatic heterocycles. The Morgan fingerprint density at radius 1 is 1.09 bits per heavy atom. The molecule has 1 N–H and O–H groups in total. The van der Waals surface area contributed by atoms with Crippen LogP contribution in [0, 0.1) is 0 Å². The molecule has 0 aromatic heterocycles. The monoisotopic (exact) mass is 337 g/mol. The van der Waals surface area contributed by atoms with Gasteiger partial charge < -0.3 is 5.11 Å². The number of carboxylic acids is 1. The second-order valence-electron chi connectivity index (χ2n) is 6.56. The van der Waals surface area contributed by atoms with E-state index < -0.39 is 11.4 Å². The van der Waals surface area contributed by atoms with E-state index in [2.05, 4.69) is 4.90 Å². The van der Waals surface area contributed by atoms with E-state index in [-0.39, 0.29) is 12.4 Å². The van der Waals surface area contributed by atoms with E-state index >= 15 is 0 Å². The second kappa shape index (κ2) is 7.45. The number of carbonyl (C=O) groups excluding carboxylic acids is 1. The zero-order valence-corrected chi connectivity index (χ0v) is 14.1. The van der Waals surface area contributed by atoms with Crippen molar-refractivity contribution in [2.24, 2.45) is 0 Å². The van der Waals surface area contributed by atoms with E-state index in [1.807, 2.05) is 30.3 Å². The van der Waals surface area contributed by atoms with E-state index in [4.69, 9.17) is 0 Å². The summed E-state index contributed by atoms with van der Waals surface area (Å²) in [6, 6.07) is 10.1. The summed E-state index contributed by atoms with van der Waals surface area (Å²) in [7, 11) is 0. The molecule has 1 saturated carbocycles. The minimum absolute atomic E-state index is 0. The Morgan fingerprint density at radius 3 is 2.17 bits per heavy atom. The minimum atomic E-state index is -0.733. The van der Waals surface area contributed by atoms with Gasteiger partial charge in [-0.3, -0.25) is 14.5 Å². The van der Waals surface area contributed by atoms with Gasteiger partial charge in [-0.25, -0.2) is 0 Å². The number of ketones is 1. The summed E-state index contributed by atoms with van der Waals surface area (Å²) in [4.78, 5) is 25.7. The van der Waals surface area contributed by atoms with Crippen molar-refractivity contribution in [2.75, 3.05) is 13.1 Å². The van der Waals surface area contributed by atoms with Gasteiger partial charge in [-0.2, -0.15) is 0 Å². The summed E-state index contributed by atoms with van der Waals surface area (Å²) in [6.45, 7) is 1.68. The third-order valence-corrected chi connectivity index (χ3v) is 5.42. The van der Waals surface area contributed by atoms with E-state index in [1.165, 1.54) is 0 Å². The molecule has 2 aliphatic rings. The standard InChI is InChI=1S/C18H23NO3.ClH/c20-16-8-12-19(13-9-16)15-6-10-18(11-7-15,17(21)22)14-4-2-1-3-5-14;/h1-5,15H,6-13H2,(H,21,22);1H. The predicted molar refractivity (Wildman–Crippen MR) is 91.1 cm³/mol. The fourth-order valence-corrected chi connectivity index (χ4v) is 3.98. The number of rotatable bonds is 3. The van der Waals surface area contributed by atoms with Gasteiger partial charge in [0, 0.05) is 32.0 Å². The SMILES string of the molecule is Cl.O=C1CCN(C2CCC(C(=O)O)(c3ccccc3)CC2)CC1. The quantitative estimate of drug-likeness (QED) is 0.921. The number of benzene rings is 1. The molecule has 1 aromatic rings. The molecular formula is C18H24ClNO3. The van der Waals surface area contributed by atoms with Crippen molar-refractivity contribution < 1.29 is 14.7 Å². The summed E-state index contributed by atoms with van der Waals surface area (Å²) >= 11 is 0. The Bertz CT molecular complexity index is 543. The van der Waals surface area contributed by atoms with Crippen LogP contribution in [0.25, 0.3) is 0 Å². The number of piperidine rings is 1. The zero-order valence-electron chi connectivity index (χ0n) is 13.2. The van der Waals surface area contributed by atoms with E-state index in [9.17, 15) is 14.7 Å². The van der Waals surface area contributed by atoms with E-state index in [0.717, 1.165) is 31.5 Å².